The molecule has 1 aliphatic heterocycles. The molecule has 2 rings (SSSR count). The highest BCUT2D eigenvalue weighted by Gasteiger charge is 2.17. The molecule has 0 aromatic carbocycles. The van der Waals surface area contributed by atoms with Crippen molar-refractivity contribution in [3.63, 3.8) is 0 Å². The molecule has 1 N–H and O–H groups in total. The standard InChI is InChI=1S/C10H15Cl2N5/c1-17-4-2-3-7(6-17)5-13-10-15-8(11)14-9(12)16-10/h7H,2-6H2,1H3,(H,13,14,15,16). The van der Waals surface area contributed by atoms with Crippen molar-refractivity contribution in [1.29, 1.82) is 0 Å². The summed E-state index contributed by atoms with van der Waals surface area (Å²) in [5.41, 5.74) is 0. The molecule has 7 heteroatoms. The lowest BCUT2D eigenvalue weighted by Crippen LogP contribution is -2.35. The van der Waals surface area contributed by atoms with Crippen molar-refractivity contribution >= 4 is 29.2 Å². The lowest BCUT2D eigenvalue weighted by Gasteiger charge is -2.29. The number of aromatic nitrogens is 3. The van der Waals surface area contributed by atoms with Crippen molar-refractivity contribution in [2.24, 2.45) is 5.92 Å². The molecule has 1 aromatic heterocycles. The molecule has 1 aliphatic rings. The molecule has 17 heavy (non-hydrogen) atoms. The van der Waals surface area contributed by atoms with Crippen LogP contribution >= 0.6 is 23.2 Å². The summed E-state index contributed by atoms with van der Waals surface area (Å²) in [6, 6.07) is 0. The molecule has 0 spiro atoms. The van der Waals surface area contributed by atoms with E-state index in [0.29, 0.717) is 11.9 Å². The first-order valence-corrected chi connectivity index (χ1v) is 6.38. The predicted molar refractivity (Wildman–Crippen MR) is 68.6 cm³/mol. The van der Waals surface area contributed by atoms with Gasteiger partial charge in [0.2, 0.25) is 16.5 Å². The number of halogens is 2. The minimum Gasteiger partial charge on any atom is -0.354 e. The highest BCUT2D eigenvalue weighted by atomic mass is 35.5. The maximum absolute atomic E-state index is 5.70. The van der Waals surface area contributed by atoms with E-state index in [4.69, 9.17) is 23.2 Å². The van der Waals surface area contributed by atoms with E-state index in [1.807, 2.05) is 0 Å². The van der Waals surface area contributed by atoms with Gasteiger partial charge in [0.15, 0.2) is 0 Å². The van der Waals surface area contributed by atoms with Crippen molar-refractivity contribution in [2.45, 2.75) is 12.8 Å². The highest BCUT2D eigenvalue weighted by molar-refractivity contribution is 6.31. The Bertz CT molecular complexity index is 367. The van der Waals surface area contributed by atoms with E-state index in [1.54, 1.807) is 0 Å². The van der Waals surface area contributed by atoms with Gasteiger partial charge < -0.3 is 10.2 Å². The monoisotopic (exact) mass is 275 g/mol. The van der Waals surface area contributed by atoms with Gasteiger partial charge in [-0.3, -0.25) is 0 Å². The van der Waals surface area contributed by atoms with Crippen molar-refractivity contribution in [3.8, 4) is 0 Å². The molecule has 0 aliphatic carbocycles. The summed E-state index contributed by atoms with van der Waals surface area (Å²) in [6.45, 7) is 3.11. The second kappa shape index (κ2) is 5.80. The average molecular weight is 276 g/mol. The maximum Gasteiger partial charge on any atom is 0.228 e. The SMILES string of the molecule is CN1CCCC(CNc2nc(Cl)nc(Cl)n2)C1. The van der Waals surface area contributed by atoms with Gasteiger partial charge in [-0.05, 0) is 55.6 Å². The van der Waals surface area contributed by atoms with Crippen LogP contribution in [0.3, 0.4) is 0 Å². The molecule has 0 bridgehead atoms. The highest BCUT2D eigenvalue weighted by Crippen LogP contribution is 2.16. The lowest BCUT2D eigenvalue weighted by atomic mass is 9.99. The maximum atomic E-state index is 5.70. The van der Waals surface area contributed by atoms with E-state index in [9.17, 15) is 0 Å². The van der Waals surface area contributed by atoms with Gasteiger partial charge in [0.05, 0.1) is 0 Å². The Labute approximate surface area is 111 Å². The molecule has 1 atom stereocenters. The number of piperidine rings is 1. The van der Waals surface area contributed by atoms with E-state index in [-0.39, 0.29) is 10.6 Å². The minimum absolute atomic E-state index is 0.119. The molecule has 1 saturated heterocycles. The Morgan fingerprint density at radius 2 is 2.00 bits per heavy atom. The molecule has 0 amide bonds. The van der Waals surface area contributed by atoms with Gasteiger partial charge >= 0.3 is 0 Å². The van der Waals surface area contributed by atoms with E-state index in [2.05, 4.69) is 32.2 Å². The zero-order valence-corrected chi connectivity index (χ0v) is 11.2. The van der Waals surface area contributed by atoms with Crippen molar-refractivity contribution in [1.82, 2.24) is 19.9 Å². The van der Waals surface area contributed by atoms with Gasteiger partial charge in [0.1, 0.15) is 0 Å². The van der Waals surface area contributed by atoms with Crippen LogP contribution < -0.4 is 5.32 Å². The van der Waals surface area contributed by atoms with Crippen molar-refractivity contribution in [2.75, 3.05) is 32.0 Å². The van der Waals surface area contributed by atoms with E-state index >= 15 is 0 Å². The number of hydrogen-bond donors (Lipinski definition) is 1. The third-order valence-electron chi connectivity index (χ3n) is 2.85. The second-order valence-corrected chi connectivity index (χ2v) is 5.02. The van der Waals surface area contributed by atoms with E-state index in [0.717, 1.165) is 13.1 Å². The molecular formula is C10H15Cl2N5. The van der Waals surface area contributed by atoms with Crippen LogP contribution in [0, 0.1) is 5.92 Å². The van der Waals surface area contributed by atoms with Crippen LogP contribution in [0.15, 0.2) is 0 Å². The quantitative estimate of drug-likeness (QED) is 0.914. The van der Waals surface area contributed by atoms with Crippen molar-refractivity contribution < 1.29 is 0 Å². The number of likely N-dealkylation sites (tertiary alicyclic amines) is 1. The number of nitrogens with zero attached hydrogens (tertiary/aromatic N) is 4. The van der Waals surface area contributed by atoms with Crippen molar-refractivity contribution in [3.05, 3.63) is 10.6 Å². The smallest absolute Gasteiger partial charge is 0.228 e. The fourth-order valence-electron chi connectivity index (χ4n) is 2.08. The Balaban J connectivity index is 1.88. The zero-order chi connectivity index (χ0) is 12.3. The van der Waals surface area contributed by atoms with Gasteiger partial charge in [0.25, 0.3) is 0 Å². The van der Waals surface area contributed by atoms with Crippen LogP contribution in [0.25, 0.3) is 0 Å². The predicted octanol–water partition coefficient (Wildman–Crippen LogP) is 1.93. The van der Waals surface area contributed by atoms with Crippen LogP contribution in [0.2, 0.25) is 10.6 Å². The van der Waals surface area contributed by atoms with Gasteiger partial charge in [0, 0.05) is 13.1 Å². The van der Waals surface area contributed by atoms with Crippen LogP contribution in [-0.2, 0) is 0 Å². The second-order valence-electron chi connectivity index (χ2n) is 4.35. The molecule has 5 nitrogen and oxygen atoms in total. The van der Waals surface area contributed by atoms with Gasteiger partial charge in [-0.15, -0.1) is 0 Å². The summed E-state index contributed by atoms with van der Waals surface area (Å²) >= 11 is 11.4. The zero-order valence-electron chi connectivity index (χ0n) is 9.66. The van der Waals surface area contributed by atoms with Crippen LogP contribution in [-0.4, -0.2) is 46.5 Å². The topological polar surface area (TPSA) is 53.9 Å². The van der Waals surface area contributed by atoms with E-state index < -0.39 is 0 Å². The first-order valence-electron chi connectivity index (χ1n) is 5.63. The fourth-order valence-corrected chi connectivity index (χ4v) is 2.44. The first kappa shape index (κ1) is 12.8. The van der Waals surface area contributed by atoms with E-state index in [1.165, 1.54) is 19.4 Å². The Kier molecular flexibility index (Phi) is 4.36. The third-order valence-corrected chi connectivity index (χ3v) is 3.19. The number of rotatable bonds is 3. The molecule has 2 heterocycles. The Morgan fingerprint density at radius 1 is 1.29 bits per heavy atom. The normalized spacial score (nSPS) is 21.5. The Hall–Kier alpha value is -0.650. The van der Waals surface area contributed by atoms with Gasteiger partial charge in [-0.1, -0.05) is 0 Å². The van der Waals surface area contributed by atoms with Gasteiger partial charge in [-0.2, -0.15) is 15.0 Å². The lowest BCUT2D eigenvalue weighted by molar-refractivity contribution is 0.217. The summed E-state index contributed by atoms with van der Waals surface area (Å²) in [5, 5.41) is 3.40. The van der Waals surface area contributed by atoms with Gasteiger partial charge in [-0.25, -0.2) is 0 Å². The molecule has 1 fully saturated rings. The molecule has 0 saturated carbocycles. The molecule has 1 unspecified atom stereocenters. The number of anilines is 1. The average Bonchev–Trinajstić information content (AvgIpc) is 2.25. The van der Waals surface area contributed by atoms with Crippen LogP contribution in [0.4, 0.5) is 5.95 Å². The van der Waals surface area contributed by atoms with Crippen LogP contribution in [0.5, 0.6) is 0 Å². The molecule has 0 radical (unpaired) electrons. The minimum atomic E-state index is 0.119. The summed E-state index contributed by atoms with van der Waals surface area (Å²) in [6.07, 6.45) is 2.46. The number of hydrogen-bond acceptors (Lipinski definition) is 5. The first-order chi connectivity index (χ1) is 8.13. The number of nitrogens with one attached hydrogen (secondary N) is 1. The summed E-state index contributed by atoms with van der Waals surface area (Å²) in [7, 11) is 2.14. The summed E-state index contributed by atoms with van der Waals surface area (Å²) < 4.78 is 0. The third kappa shape index (κ3) is 3.94. The summed E-state index contributed by atoms with van der Waals surface area (Å²) in [4.78, 5) is 14.0. The van der Waals surface area contributed by atoms with Crippen LogP contribution in [0.1, 0.15) is 12.8 Å². The largest absolute Gasteiger partial charge is 0.354 e. The fraction of sp³-hybridized carbons (Fsp3) is 0.700. The summed E-state index contributed by atoms with van der Waals surface area (Å²) in [5.74, 6) is 1.06. The molecule has 94 valence electrons. The molecule has 1 aromatic rings. The Morgan fingerprint density at radius 3 is 2.65 bits per heavy atom. The molecular weight excluding hydrogens is 261 g/mol.